The Morgan fingerprint density at radius 1 is 1.59 bits per heavy atom. The van der Waals surface area contributed by atoms with Crippen LogP contribution in [-0.4, -0.2) is 34.2 Å². The van der Waals surface area contributed by atoms with Gasteiger partial charge in [-0.25, -0.2) is 0 Å². The monoisotopic (exact) mass is 252 g/mol. The van der Waals surface area contributed by atoms with Crippen molar-refractivity contribution >= 4 is 17.4 Å². The highest BCUT2D eigenvalue weighted by Gasteiger charge is 2.19. The summed E-state index contributed by atoms with van der Waals surface area (Å²) in [7, 11) is 0. The fraction of sp³-hybridized carbons (Fsp3) is 0.615. The van der Waals surface area contributed by atoms with Gasteiger partial charge in [-0.1, -0.05) is 6.92 Å². The van der Waals surface area contributed by atoms with E-state index in [9.17, 15) is 5.11 Å². The van der Waals surface area contributed by atoms with Gasteiger partial charge in [-0.15, -0.1) is 0 Å². The molecule has 17 heavy (non-hydrogen) atoms. The van der Waals surface area contributed by atoms with Crippen molar-refractivity contribution < 1.29 is 5.11 Å². The van der Waals surface area contributed by atoms with Crippen LogP contribution in [0.1, 0.15) is 32.1 Å². The molecule has 2 heterocycles. The van der Waals surface area contributed by atoms with Gasteiger partial charge < -0.3 is 10.0 Å². The second-order valence-electron chi connectivity index (χ2n) is 4.46. The zero-order chi connectivity index (χ0) is 12.3. The highest BCUT2D eigenvalue weighted by atomic mass is 32.2. The lowest BCUT2D eigenvalue weighted by atomic mass is 10.2. The summed E-state index contributed by atoms with van der Waals surface area (Å²) in [5.74, 6) is 1.19. The standard InChI is InChI=1S/C13H20N2OS/c1-3-12-9-15(6-7-17-12)11-4-5-13(10(2)16)14-8-11/h4-5,8,10,12,16H,3,6-7,9H2,1-2H3/t10-,12?/m1/s1. The molecule has 3 nitrogen and oxygen atoms in total. The third kappa shape index (κ3) is 3.13. The van der Waals surface area contributed by atoms with E-state index in [-0.39, 0.29) is 0 Å². The van der Waals surface area contributed by atoms with Gasteiger partial charge in [0.1, 0.15) is 0 Å². The van der Waals surface area contributed by atoms with Gasteiger partial charge in [0.05, 0.1) is 23.7 Å². The van der Waals surface area contributed by atoms with Gasteiger partial charge in [-0.2, -0.15) is 11.8 Å². The quantitative estimate of drug-likeness (QED) is 0.896. The largest absolute Gasteiger partial charge is 0.387 e. The molecule has 0 aromatic carbocycles. The third-order valence-corrected chi connectivity index (χ3v) is 4.53. The van der Waals surface area contributed by atoms with Crippen LogP contribution in [0.5, 0.6) is 0 Å². The molecule has 1 N–H and O–H groups in total. The number of hydrogen-bond donors (Lipinski definition) is 1. The molecule has 94 valence electrons. The van der Waals surface area contributed by atoms with Crippen molar-refractivity contribution in [1.82, 2.24) is 4.98 Å². The molecule has 2 atom stereocenters. The zero-order valence-electron chi connectivity index (χ0n) is 10.5. The lowest BCUT2D eigenvalue weighted by Gasteiger charge is -2.33. The maximum Gasteiger partial charge on any atom is 0.0931 e. The maximum atomic E-state index is 9.43. The summed E-state index contributed by atoms with van der Waals surface area (Å²) >= 11 is 2.07. The van der Waals surface area contributed by atoms with Crippen LogP contribution in [0.15, 0.2) is 18.3 Å². The average molecular weight is 252 g/mol. The molecule has 0 amide bonds. The molecule has 4 heteroatoms. The van der Waals surface area contributed by atoms with Gasteiger partial charge in [0.25, 0.3) is 0 Å². The first-order chi connectivity index (χ1) is 8.20. The predicted molar refractivity (Wildman–Crippen MR) is 73.6 cm³/mol. The van der Waals surface area contributed by atoms with Crippen LogP contribution in [0.25, 0.3) is 0 Å². The van der Waals surface area contributed by atoms with Crippen LogP contribution in [0.4, 0.5) is 5.69 Å². The molecule has 1 aromatic heterocycles. The van der Waals surface area contributed by atoms with E-state index in [1.807, 2.05) is 12.3 Å². The predicted octanol–water partition coefficient (Wildman–Crippen LogP) is 2.47. The summed E-state index contributed by atoms with van der Waals surface area (Å²) in [6.07, 6.45) is 2.62. The van der Waals surface area contributed by atoms with Crippen LogP contribution in [0.3, 0.4) is 0 Å². The highest BCUT2D eigenvalue weighted by molar-refractivity contribution is 8.00. The lowest BCUT2D eigenvalue weighted by molar-refractivity contribution is 0.194. The van der Waals surface area contributed by atoms with Crippen LogP contribution in [-0.2, 0) is 0 Å². The SMILES string of the molecule is CCC1CN(c2ccc([C@@H](C)O)nc2)CCS1. The van der Waals surface area contributed by atoms with Gasteiger partial charge in [0.15, 0.2) is 0 Å². The van der Waals surface area contributed by atoms with Gasteiger partial charge in [0, 0.05) is 24.1 Å². The summed E-state index contributed by atoms with van der Waals surface area (Å²) in [5.41, 5.74) is 1.92. The summed E-state index contributed by atoms with van der Waals surface area (Å²) in [4.78, 5) is 6.70. The molecule has 1 aliphatic rings. The van der Waals surface area contributed by atoms with Crippen LogP contribution in [0, 0.1) is 0 Å². The van der Waals surface area contributed by atoms with Gasteiger partial charge in [0.2, 0.25) is 0 Å². The molecular formula is C13H20N2OS. The first-order valence-corrected chi connectivity index (χ1v) is 7.26. The second-order valence-corrected chi connectivity index (χ2v) is 5.87. The molecule has 1 unspecified atom stereocenters. The van der Waals surface area contributed by atoms with E-state index in [1.54, 1.807) is 6.92 Å². The van der Waals surface area contributed by atoms with Crippen LogP contribution < -0.4 is 4.90 Å². The zero-order valence-corrected chi connectivity index (χ0v) is 11.3. The number of thioether (sulfide) groups is 1. The minimum atomic E-state index is -0.482. The highest BCUT2D eigenvalue weighted by Crippen LogP contribution is 2.25. The summed E-state index contributed by atoms with van der Waals surface area (Å²) in [5, 5.41) is 10.2. The number of anilines is 1. The Balaban J connectivity index is 2.06. The van der Waals surface area contributed by atoms with Crippen molar-refractivity contribution in [1.29, 1.82) is 0 Å². The van der Waals surface area contributed by atoms with Gasteiger partial charge >= 0.3 is 0 Å². The molecule has 2 rings (SSSR count). The number of rotatable bonds is 3. The van der Waals surface area contributed by atoms with E-state index < -0.39 is 6.10 Å². The third-order valence-electron chi connectivity index (χ3n) is 3.16. The van der Waals surface area contributed by atoms with Gasteiger partial charge in [-0.3, -0.25) is 4.98 Å². The molecule has 0 bridgehead atoms. The maximum absolute atomic E-state index is 9.43. The molecule has 1 aliphatic heterocycles. The molecule has 1 saturated heterocycles. The minimum Gasteiger partial charge on any atom is -0.387 e. The van der Waals surface area contributed by atoms with Crippen molar-refractivity contribution in [2.45, 2.75) is 31.6 Å². The molecule has 1 aromatic rings. The summed E-state index contributed by atoms with van der Waals surface area (Å²) in [6.45, 7) is 6.19. The number of aromatic nitrogens is 1. The topological polar surface area (TPSA) is 36.4 Å². The summed E-state index contributed by atoms with van der Waals surface area (Å²) < 4.78 is 0. The van der Waals surface area contributed by atoms with Gasteiger partial charge in [-0.05, 0) is 25.5 Å². The van der Waals surface area contributed by atoms with Crippen LogP contribution >= 0.6 is 11.8 Å². The molecule has 1 fully saturated rings. The Labute approximate surface area is 107 Å². The number of aliphatic hydroxyl groups is 1. The lowest BCUT2D eigenvalue weighted by Crippen LogP contribution is -2.37. The number of aliphatic hydroxyl groups excluding tert-OH is 1. The Morgan fingerprint density at radius 2 is 2.41 bits per heavy atom. The number of nitrogens with zero attached hydrogens (tertiary/aromatic N) is 2. The van der Waals surface area contributed by atoms with E-state index in [4.69, 9.17) is 0 Å². The number of pyridine rings is 1. The molecule has 0 radical (unpaired) electrons. The van der Waals surface area contributed by atoms with Crippen molar-refractivity contribution in [3.05, 3.63) is 24.0 Å². The molecule has 0 saturated carbocycles. The van der Waals surface area contributed by atoms with E-state index >= 15 is 0 Å². The fourth-order valence-corrected chi connectivity index (χ4v) is 3.21. The van der Waals surface area contributed by atoms with E-state index in [0.717, 1.165) is 24.0 Å². The second kappa shape index (κ2) is 5.74. The Kier molecular flexibility index (Phi) is 4.29. The van der Waals surface area contributed by atoms with Crippen molar-refractivity contribution in [2.75, 3.05) is 23.7 Å². The summed E-state index contributed by atoms with van der Waals surface area (Å²) in [6, 6.07) is 3.99. The Hall–Kier alpha value is -0.740. The minimum absolute atomic E-state index is 0.482. The molecular weight excluding hydrogens is 232 g/mol. The molecule has 0 aliphatic carbocycles. The normalized spacial score (nSPS) is 22.5. The molecule has 0 spiro atoms. The first kappa shape index (κ1) is 12.7. The van der Waals surface area contributed by atoms with E-state index in [0.29, 0.717) is 0 Å². The van der Waals surface area contributed by atoms with E-state index in [2.05, 4.69) is 34.6 Å². The van der Waals surface area contributed by atoms with Crippen molar-refractivity contribution in [2.24, 2.45) is 0 Å². The van der Waals surface area contributed by atoms with Crippen LogP contribution in [0.2, 0.25) is 0 Å². The van der Waals surface area contributed by atoms with E-state index in [1.165, 1.54) is 17.9 Å². The average Bonchev–Trinajstić information content (AvgIpc) is 2.39. The van der Waals surface area contributed by atoms with Crippen molar-refractivity contribution in [3.63, 3.8) is 0 Å². The number of hydrogen-bond acceptors (Lipinski definition) is 4. The smallest absolute Gasteiger partial charge is 0.0931 e. The fourth-order valence-electron chi connectivity index (χ4n) is 2.03. The first-order valence-electron chi connectivity index (χ1n) is 6.21. The van der Waals surface area contributed by atoms with Crippen molar-refractivity contribution in [3.8, 4) is 0 Å². The Bertz CT molecular complexity index is 353. The Morgan fingerprint density at radius 3 is 3.00 bits per heavy atom.